The van der Waals surface area contributed by atoms with E-state index in [0.29, 0.717) is 18.0 Å². The first-order valence-corrected chi connectivity index (χ1v) is 10.3. The molecule has 1 fully saturated rings. The molecule has 5 N–H and O–H groups in total. The number of nitrogens with two attached hydrogens (primary N) is 1. The van der Waals surface area contributed by atoms with Gasteiger partial charge in [0, 0.05) is 17.8 Å². The van der Waals surface area contributed by atoms with Crippen LogP contribution in [-0.2, 0) is 11.2 Å². The Morgan fingerprint density at radius 1 is 1.17 bits per heavy atom. The second-order valence-electron chi connectivity index (χ2n) is 8.05. The molecule has 0 atom stereocenters. The van der Waals surface area contributed by atoms with E-state index in [1.807, 2.05) is 26.8 Å². The van der Waals surface area contributed by atoms with Gasteiger partial charge >= 0.3 is 5.97 Å². The van der Waals surface area contributed by atoms with Gasteiger partial charge in [-0.25, -0.2) is 0 Å². The quantitative estimate of drug-likeness (QED) is 0.362. The first-order chi connectivity index (χ1) is 13.7. The molecule has 1 aromatic rings. The highest BCUT2D eigenvalue weighted by Crippen LogP contribution is 2.32. The van der Waals surface area contributed by atoms with E-state index in [1.165, 1.54) is 19.3 Å². The Balaban J connectivity index is 2.12. The normalized spacial score (nSPS) is 16.0. The molecule has 2 rings (SSSR count). The monoisotopic (exact) mass is 398 g/mol. The van der Waals surface area contributed by atoms with Crippen molar-refractivity contribution in [3.8, 4) is 0 Å². The van der Waals surface area contributed by atoms with Crippen LogP contribution in [0.2, 0.25) is 0 Å². The highest BCUT2D eigenvalue weighted by atomic mass is 16.4. The highest BCUT2D eigenvalue weighted by molar-refractivity contribution is 5.74. The summed E-state index contributed by atoms with van der Waals surface area (Å²) in [5.74, 6) is -0.303. The van der Waals surface area contributed by atoms with Crippen LogP contribution in [0.5, 0.6) is 0 Å². The maximum Gasteiger partial charge on any atom is 0.322 e. The van der Waals surface area contributed by atoms with Crippen molar-refractivity contribution in [2.45, 2.75) is 59.3 Å². The van der Waals surface area contributed by atoms with Crippen LogP contribution in [0.15, 0.2) is 41.8 Å². The van der Waals surface area contributed by atoms with Gasteiger partial charge < -0.3 is 21.3 Å². The molecule has 5 heteroatoms. The van der Waals surface area contributed by atoms with Crippen LogP contribution in [-0.4, -0.2) is 22.7 Å². The summed E-state index contributed by atoms with van der Waals surface area (Å²) in [6, 6.07) is 1.96. The number of aryl methyl sites for hydroxylation is 1. The van der Waals surface area contributed by atoms with E-state index in [0.717, 1.165) is 46.4 Å². The lowest BCUT2D eigenvalue weighted by Crippen LogP contribution is -2.14. The summed E-state index contributed by atoms with van der Waals surface area (Å²) in [6.07, 6.45) is 9.84. The molecule has 29 heavy (non-hydrogen) atoms. The largest absolute Gasteiger partial charge is 0.508 e. The van der Waals surface area contributed by atoms with E-state index >= 15 is 0 Å². The van der Waals surface area contributed by atoms with Crippen LogP contribution in [0.25, 0.3) is 0 Å². The lowest BCUT2D eigenvalue weighted by Gasteiger charge is -2.23. The molecule has 0 heterocycles. The number of carboxylic acids is 1. The van der Waals surface area contributed by atoms with E-state index in [-0.39, 0.29) is 12.3 Å². The van der Waals surface area contributed by atoms with Crippen molar-refractivity contribution in [3.05, 3.63) is 64.1 Å². The average Bonchev–Trinajstić information content (AvgIpc) is 2.71. The number of aliphatic carboxylic acids is 1. The molecule has 158 valence electrons. The molecule has 0 bridgehead atoms. The fourth-order valence-corrected chi connectivity index (χ4v) is 3.98. The minimum absolute atomic E-state index is 0.115. The van der Waals surface area contributed by atoms with Gasteiger partial charge in [-0.3, -0.25) is 4.79 Å². The van der Waals surface area contributed by atoms with Crippen molar-refractivity contribution >= 4 is 11.7 Å². The number of hydrogen-bond acceptors (Lipinski definition) is 4. The first-order valence-electron chi connectivity index (χ1n) is 10.3. The lowest BCUT2D eigenvalue weighted by molar-refractivity contribution is -0.134. The minimum atomic E-state index is -0.891. The van der Waals surface area contributed by atoms with E-state index in [9.17, 15) is 9.90 Å². The molecule has 0 saturated heterocycles. The number of aliphatic hydroxyl groups is 1. The van der Waals surface area contributed by atoms with Crippen LogP contribution in [0.4, 0.5) is 5.69 Å². The minimum Gasteiger partial charge on any atom is -0.508 e. The molecular formula is C24H34N2O3. The van der Waals surface area contributed by atoms with E-state index in [1.54, 1.807) is 12.2 Å². The van der Waals surface area contributed by atoms with Crippen molar-refractivity contribution < 1.29 is 15.0 Å². The van der Waals surface area contributed by atoms with E-state index < -0.39 is 5.97 Å². The average molecular weight is 399 g/mol. The molecule has 0 unspecified atom stereocenters. The second kappa shape index (κ2) is 10.2. The number of nitrogens with one attached hydrogen (secondary N) is 1. The third kappa shape index (κ3) is 6.14. The number of benzene rings is 1. The van der Waals surface area contributed by atoms with E-state index in [2.05, 4.69) is 11.9 Å². The van der Waals surface area contributed by atoms with Crippen molar-refractivity contribution in [1.29, 1.82) is 0 Å². The first kappa shape index (κ1) is 22.6. The summed E-state index contributed by atoms with van der Waals surface area (Å²) in [7, 11) is 0. The summed E-state index contributed by atoms with van der Waals surface area (Å²) in [5.41, 5.74) is 12.8. The predicted octanol–water partition coefficient (Wildman–Crippen LogP) is 5.07. The maximum atomic E-state index is 10.8. The SMILES string of the molecule is C=C(/C(O)=C\C=C(/N)Cc1c(C)cc(NCC(=O)O)c(C)c1C)C1CCCCC1. The Kier molecular flexibility index (Phi) is 7.94. The predicted molar refractivity (Wildman–Crippen MR) is 119 cm³/mol. The number of allylic oxidation sites excluding steroid dienone is 4. The van der Waals surface area contributed by atoms with E-state index in [4.69, 9.17) is 10.8 Å². The van der Waals surface area contributed by atoms with Crippen LogP contribution in [0, 0.1) is 26.7 Å². The van der Waals surface area contributed by atoms with Crippen molar-refractivity contribution in [2.75, 3.05) is 11.9 Å². The number of aliphatic hydroxyl groups excluding tert-OH is 1. The highest BCUT2D eigenvalue weighted by Gasteiger charge is 2.18. The molecule has 1 saturated carbocycles. The second-order valence-corrected chi connectivity index (χ2v) is 8.05. The molecule has 1 aromatic carbocycles. The standard InChI is InChI=1S/C24H34N2O3/c1-15-12-22(26-14-24(28)29)17(3)16(2)21(15)13-20(25)10-11-23(27)18(4)19-8-6-5-7-9-19/h10-12,19,26-27H,4-9,13-14,25H2,1-3H3,(H,28,29)/b20-10-,23-11+. The zero-order chi connectivity index (χ0) is 21.6. The number of hydrogen-bond donors (Lipinski definition) is 4. The Bertz CT molecular complexity index is 831. The van der Waals surface area contributed by atoms with Gasteiger partial charge in [-0.05, 0) is 85.6 Å². The third-order valence-corrected chi connectivity index (χ3v) is 5.95. The molecule has 0 spiro atoms. The number of carboxylic acid groups (broad SMARTS) is 1. The summed E-state index contributed by atoms with van der Waals surface area (Å²) >= 11 is 0. The summed E-state index contributed by atoms with van der Waals surface area (Å²) in [5, 5.41) is 22.2. The molecule has 0 aliphatic heterocycles. The van der Waals surface area contributed by atoms with Gasteiger partial charge in [0.05, 0.1) is 0 Å². The molecule has 5 nitrogen and oxygen atoms in total. The Hall–Kier alpha value is -2.69. The molecule has 1 aliphatic rings. The van der Waals surface area contributed by atoms with Gasteiger partial charge in [0.2, 0.25) is 0 Å². The van der Waals surface area contributed by atoms with Crippen LogP contribution >= 0.6 is 0 Å². The zero-order valence-corrected chi connectivity index (χ0v) is 17.8. The van der Waals surface area contributed by atoms with Crippen LogP contribution < -0.4 is 11.1 Å². The fraction of sp³-hybridized carbons (Fsp3) is 0.458. The number of anilines is 1. The van der Waals surface area contributed by atoms with Crippen molar-refractivity contribution in [2.24, 2.45) is 11.7 Å². The third-order valence-electron chi connectivity index (χ3n) is 5.95. The lowest BCUT2D eigenvalue weighted by atomic mass is 9.83. The van der Waals surface area contributed by atoms with Crippen LogP contribution in [0.1, 0.15) is 54.4 Å². The Morgan fingerprint density at radius 2 is 1.83 bits per heavy atom. The number of carbonyl (C=O) groups is 1. The molecule has 0 amide bonds. The fourth-order valence-electron chi connectivity index (χ4n) is 3.98. The zero-order valence-electron chi connectivity index (χ0n) is 17.8. The topological polar surface area (TPSA) is 95.6 Å². The number of rotatable bonds is 8. The Morgan fingerprint density at radius 3 is 2.45 bits per heavy atom. The summed E-state index contributed by atoms with van der Waals surface area (Å²) < 4.78 is 0. The van der Waals surface area contributed by atoms with Crippen molar-refractivity contribution in [3.63, 3.8) is 0 Å². The van der Waals surface area contributed by atoms with Crippen molar-refractivity contribution in [1.82, 2.24) is 0 Å². The van der Waals surface area contributed by atoms with Gasteiger partial charge in [0.1, 0.15) is 12.3 Å². The van der Waals surface area contributed by atoms with Gasteiger partial charge in [-0.15, -0.1) is 0 Å². The molecule has 0 aromatic heterocycles. The molecule has 0 radical (unpaired) electrons. The van der Waals surface area contributed by atoms with Crippen LogP contribution in [0.3, 0.4) is 0 Å². The van der Waals surface area contributed by atoms with Gasteiger partial charge in [-0.2, -0.15) is 0 Å². The summed E-state index contributed by atoms with van der Waals surface area (Å²) in [6.45, 7) is 9.96. The smallest absolute Gasteiger partial charge is 0.322 e. The van der Waals surface area contributed by atoms with Gasteiger partial charge in [0.15, 0.2) is 0 Å². The Labute approximate surface area is 174 Å². The van der Waals surface area contributed by atoms with Gasteiger partial charge in [-0.1, -0.05) is 25.8 Å². The van der Waals surface area contributed by atoms with Gasteiger partial charge in [0.25, 0.3) is 0 Å². The summed E-state index contributed by atoms with van der Waals surface area (Å²) in [4.78, 5) is 10.8. The maximum absolute atomic E-state index is 10.8. The molecular weight excluding hydrogens is 364 g/mol. The molecule has 1 aliphatic carbocycles.